The minimum absolute atomic E-state index is 0.224. The van der Waals surface area contributed by atoms with Crippen molar-refractivity contribution in [3.8, 4) is 0 Å². The van der Waals surface area contributed by atoms with Crippen LogP contribution in [-0.2, 0) is 20.9 Å². The summed E-state index contributed by atoms with van der Waals surface area (Å²) >= 11 is 6.18. The molecule has 1 aliphatic heterocycles. The van der Waals surface area contributed by atoms with Crippen LogP contribution in [0.25, 0.3) is 0 Å². The number of carbonyl (C=O) groups excluding carboxylic acids is 2. The van der Waals surface area contributed by atoms with Crippen LogP contribution in [0.1, 0.15) is 18.9 Å². The lowest BCUT2D eigenvalue weighted by Crippen LogP contribution is -2.36. The van der Waals surface area contributed by atoms with Crippen LogP contribution in [0.4, 0.5) is 4.79 Å². The van der Waals surface area contributed by atoms with Gasteiger partial charge in [-0.2, -0.15) is 0 Å². The molecule has 5 nitrogen and oxygen atoms in total. The van der Waals surface area contributed by atoms with Crippen molar-refractivity contribution in [2.45, 2.75) is 20.0 Å². The van der Waals surface area contributed by atoms with Gasteiger partial charge in [0.25, 0.3) is 0 Å². The lowest BCUT2D eigenvalue weighted by atomic mass is 10.1. The van der Waals surface area contributed by atoms with Crippen LogP contribution in [0.3, 0.4) is 0 Å². The number of benzene rings is 1. The Morgan fingerprint density at radius 3 is 2.71 bits per heavy atom. The number of nitrogens with zero attached hydrogens (tertiary/aromatic N) is 1. The van der Waals surface area contributed by atoms with Crippen molar-refractivity contribution in [2.75, 3.05) is 19.7 Å². The van der Waals surface area contributed by atoms with Crippen LogP contribution in [0, 0.1) is 0 Å². The van der Waals surface area contributed by atoms with Gasteiger partial charge < -0.3 is 14.4 Å². The second-order valence-electron chi connectivity index (χ2n) is 5.23. The van der Waals surface area contributed by atoms with Gasteiger partial charge in [-0.15, -0.1) is 0 Å². The van der Waals surface area contributed by atoms with E-state index in [0.29, 0.717) is 36.7 Å². The van der Waals surface area contributed by atoms with Crippen molar-refractivity contribution in [1.82, 2.24) is 4.90 Å². The highest BCUT2D eigenvalue weighted by Gasteiger charge is 2.22. The zero-order chi connectivity index (χ0) is 17.4. The predicted molar refractivity (Wildman–Crippen MR) is 91.5 cm³/mol. The smallest absolute Gasteiger partial charge is 0.410 e. The summed E-state index contributed by atoms with van der Waals surface area (Å²) in [6.07, 6.45) is 3.05. The molecule has 0 N–H and O–H groups in total. The van der Waals surface area contributed by atoms with Crippen molar-refractivity contribution in [3.05, 3.63) is 58.7 Å². The Hall–Kier alpha value is -2.27. The predicted octanol–water partition coefficient (Wildman–Crippen LogP) is 3.64. The van der Waals surface area contributed by atoms with Gasteiger partial charge in [-0.05, 0) is 24.1 Å². The van der Waals surface area contributed by atoms with Crippen molar-refractivity contribution >= 4 is 23.7 Å². The molecule has 0 saturated carbocycles. The van der Waals surface area contributed by atoms with E-state index in [1.54, 1.807) is 17.9 Å². The number of carbonyl (C=O) groups is 2. The number of hydrogen-bond acceptors (Lipinski definition) is 4. The third kappa shape index (κ3) is 5.42. The number of esters is 1. The minimum atomic E-state index is -0.432. The van der Waals surface area contributed by atoms with E-state index in [2.05, 4.69) is 0 Å². The van der Waals surface area contributed by atoms with Gasteiger partial charge in [0.1, 0.15) is 6.61 Å². The topological polar surface area (TPSA) is 55.8 Å². The van der Waals surface area contributed by atoms with E-state index in [4.69, 9.17) is 21.1 Å². The molecule has 1 aromatic carbocycles. The first-order valence-corrected chi connectivity index (χ1v) is 8.16. The largest absolute Gasteiger partial charge is 0.463 e. The fourth-order valence-electron chi connectivity index (χ4n) is 2.23. The lowest BCUT2D eigenvalue weighted by Gasteiger charge is -2.27. The maximum atomic E-state index is 12.2. The van der Waals surface area contributed by atoms with Gasteiger partial charge in [-0.25, -0.2) is 9.59 Å². The standard InChI is InChI=1S/C18H20ClNO4/c1-2-23-17(21)9-8-15-12-20(11-10-16(15)19)18(22)24-13-14-6-4-3-5-7-14/h3-9H,2,10-13H2,1H3. The molecule has 24 heavy (non-hydrogen) atoms. The van der Waals surface area contributed by atoms with Crippen LogP contribution in [0.2, 0.25) is 0 Å². The van der Waals surface area contributed by atoms with E-state index in [0.717, 1.165) is 5.56 Å². The fraction of sp³-hybridized carbons (Fsp3) is 0.333. The van der Waals surface area contributed by atoms with Crippen molar-refractivity contribution < 1.29 is 19.1 Å². The number of halogens is 1. The quantitative estimate of drug-likeness (QED) is 0.601. The highest BCUT2D eigenvalue weighted by atomic mass is 35.5. The van der Waals surface area contributed by atoms with Crippen LogP contribution < -0.4 is 0 Å². The molecule has 0 saturated heterocycles. The zero-order valence-corrected chi connectivity index (χ0v) is 14.3. The highest BCUT2D eigenvalue weighted by Crippen LogP contribution is 2.23. The van der Waals surface area contributed by atoms with Crippen LogP contribution in [0.5, 0.6) is 0 Å². The summed E-state index contributed by atoms with van der Waals surface area (Å²) in [5.74, 6) is -0.432. The Bertz CT molecular complexity index is 640. The summed E-state index contributed by atoms with van der Waals surface area (Å²) in [5, 5.41) is 0.641. The molecule has 1 amide bonds. The second kappa shape index (κ2) is 9.13. The van der Waals surface area contributed by atoms with Crippen LogP contribution in [0.15, 0.2) is 53.1 Å². The summed E-state index contributed by atoms with van der Waals surface area (Å²) in [7, 11) is 0. The number of rotatable bonds is 5. The monoisotopic (exact) mass is 349 g/mol. The molecule has 0 radical (unpaired) electrons. The van der Waals surface area contributed by atoms with Crippen LogP contribution >= 0.6 is 11.6 Å². The lowest BCUT2D eigenvalue weighted by molar-refractivity contribution is -0.137. The van der Waals surface area contributed by atoms with Gasteiger partial charge in [0.15, 0.2) is 0 Å². The molecule has 0 spiro atoms. The van der Waals surface area contributed by atoms with Crippen LogP contribution in [-0.4, -0.2) is 36.7 Å². The maximum absolute atomic E-state index is 12.2. The molecule has 2 rings (SSSR count). The molecule has 1 aliphatic rings. The summed E-state index contributed by atoms with van der Waals surface area (Å²) in [6.45, 7) is 3.07. The fourth-order valence-corrected chi connectivity index (χ4v) is 2.44. The van der Waals surface area contributed by atoms with E-state index < -0.39 is 12.1 Å². The van der Waals surface area contributed by atoms with Gasteiger partial charge in [-0.3, -0.25) is 0 Å². The molecule has 1 aromatic rings. The highest BCUT2D eigenvalue weighted by molar-refractivity contribution is 6.30. The summed E-state index contributed by atoms with van der Waals surface area (Å²) in [6, 6.07) is 9.49. The van der Waals surface area contributed by atoms with Gasteiger partial charge in [0.2, 0.25) is 0 Å². The summed E-state index contributed by atoms with van der Waals surface area (Å²) < 4.78 is 10.2. The van der Waals surface area contributed by atoms with E-state index in [1.807, 2.05) is 30.3 Å². The first kappa shape index (κ1) is 18.1. The van der Waals surface area contributed by atoms with E-state index in [9.17, 15) is 9.59 Å². The van der Waals surface area contributed by atoms with Gasteiger partial charge in [-0.1, -0.05) is 41.9 Å². The first-order valence-electron chi connectivity index (χ1n) is 7.78. The van der Waals surface area contributed by atoms with Crippen molar-refractivity contribution in [3.63, 3.8) is 0 Å². The van der Waals surface area contributed by atoms with Crippen molar-refractivity contribution in [1.29, 1.82) is 0 Å². The molecule has 0 aromatic heterocycles. The molecule has 0 fully saturated rings. The van der Waals surface area contributed by atoms with E-state index in [1.165, 1.54) is 6.08 Å². The number of hydrogen-bond donors (Lipinski definition) is 0. The number of ether oxygens (including phenoxy) is 2. The normalized spacial score (nSPS) is 14.8. The van der Waals surface area contributed by atoms with Gasteiger partial charge >= 0.3 is 12.1 Å². The first-order chi connectivity index (χ1) is 11.6. The second-order valence-corrected chi connectivity index (χ2v) is 5.68. The van der Waals surface area contributed by atoms with E-state index >= 15 is 0 Å². The molecule has 0 unspecified atom stereocenters. The number of amides is 1. The average molecular weight is 350 g/mol. The summed E-state index contributed by atoms with van der Waals surface area (Å²) in [5.41, 5.74) is 1.64. The third-order valence-corrected chi connectivity index (χ3v) is 3.91. The SMILES string of the molecule is CCOC(=O)C=CC1=C(Cl)CCN(C(=O)OCc2ccccc2)C1. The van der Waals surface area contributed by atoms with Gasteiger partial charge in [0, 0.05) is 24.1 Å². The molecule has 0 bridgehead atoms. The van der Waals surface area contributed by atoms with E-state index in [-0.39, 0.29) is 6.61 Å². The molecule has 0 aliphatic carbocycles. The third-order valence-electron chi connectivity index (χ3n) is 3.48. The molecular weight excluding hydrogens is 330 g/mol. The van der Waals surface area contributed by atoms with Crippen molar-refractivity contribution in [2.24, 2.45) is 0 Å². The molecule has 0 atom stereocenters. The Balaban J connectivity index is 1.91. The molecule has 128 valence electrons. The molecular formula is C18H20ClNO4. The minimum Gasteiger partial charge on any atom is -0.463 e. The Labute approximate surface area is 146 Å². The Morgan fingerprint density at radius 2 is 2.00 bits per heavy atom. The average Bonchev–Trinajstić information content (AvgIpc) is 2.60. The maximum Gasteiger partial charge on any atom is 0.410 e. The molecule has 6 heteroatoms. The Morgan fingerprint density at radius 1 is 1.25 bits per heavy atom. The Kier molecular flexibility index (Phi) is 6.88. The van der Waals surface area contributed by atoms with Gasteiger partial charge in [0.05, 0.1) is 13.2 Å². The summed E-state index contributed by atoms with van der Waals surface area (Å²) in [4.78, 5) is 25.1. The zero-order valence-electron chi connectivity index (χ0n) is 13.5. The molecule has 1 heterocycles.